The van der Waals surface area contributed by atoms with Gasteiger partial charge >= 0.3 is 0 Å². The van der Waals surface area contributed by atoms with Crippen molar-refractivity contribution in [2.45, 2.75) is 26.2 Å². The number of H-pyrrole nitrogens is 1. The maximum atomic E-state index is 12.9. The molecule has 1 fully saturated rings. The molecule has 0 atom stereocenters. The van der Waals surface area contributed by atoms with Crippen LogP contribution in [-0.2, 0) is 5.41 Å². The number of nitrogens with zero attached hydrogens (tertiary/aromatic N) is 3. The van der Waals surface area contributed by atoms with Crippen molar-refractivity contribution >= 4 is 33.3 Å². The molecule has 1 aliphatic heterocycles. The third-order valence-electron chi connectivity index (χ3n) is 4.98. The summed E-state index contributed by atoms with van der Waals surface area (Å²) in [5.74, 6) is 0.0808. The van der Waals surface area contributed by atoms with Gasteiger partial charge in [-0.2, -0.15) is 0 Å². The number of amides is 1. The van der Waals surface area contributed by atoms with E-state index >= 15 is 0 Å². The molecule has 1 N–H and O–H groups in total. The van der Waals surface area contributed by atoms with Gasteiger partial charge in [0.25, 0.3) is 5.91 Å². The molecule has 1 amide bonds. The smallest absolute Gasteiger partial charge is 0.270 e. The molecule has 6 heteroatoms. The Hall–Kier alpha value is -2.34. The Morgan fingerprint density at radius 1 is 1.15 bits per heavy atom. The lowest BCUT2D eigenvalue weighted by Crippen LogP contribution is -2.48. The van der Waals surface area contributed by atoms with Gasteiger partial charge in [-0.1, -0.05) is 32.9 Å². The van der Waals surface area contributed by atoms with Crippen molar-refractivity contribution in [2.75, 3.05) is 31.1 Å². The molecule has 0 saturated carbocycles. The average molecular weight is 369 g/mol. The summed E-state index contributed by atoms with van der Waals surface area (Å²) in [4.78, 5) is 24.8. The van der Waals surface area contributed by atoms with Crippen LogP contribution >= 0.6 is 11.3 Å². The lowest BCUT2D eigenvalue weighted by molar-refractivity contribution is 0.0742. The molecule has 3 aromatic rings. The molecule has 0 bridgehead atoms. The number of thiazole rings is 1. The number of hydrogen-bond donors (Lipinski definition) is 1. The summed E-state index contributed by atoms with van der Waals surface area (Å²) in [5.41, 5.74) is 3.06. The van der Waals surface area contributed by atoms with Crippen LogP contribution in [-0.4, -0.2) is 47.0 Å². The van der Waals surface area contributed by atoms with Gasteiger partial charge in [-0.25, -0.2) is 4.98 Å². The van der Waals surface area contributed by atoms with Crippen LogP contribution in [0, 0.1) is 0 Å². The first-order chi connectivity index (χ1) is 12.4. The van der Waals surface area contributed by atoms with Gasteiger partial charge in [-0.15, -0.1) is 11.3 Å². The molecule has 1 aliphatic rings. The van der Waals surface area contributed by atoms with E-state index in [9.17, 15) is 4.79 Å². The average Bonchev–Trinajstić information content (AvgIpc) is 3.29. The second kappa shape index (κ2) is 6.43. The van der Waals surface area contributed by atoms with Crippen LogP contribution in [0.25, 0.3) is 10.9 Å². The number of carbonyl (C=O) groups excluding carboxylic acids is 1. The highest BCUT2D eigenvalue weighted by atomic mass is 32.1. The maximum absolute atomic E-state index is 12.9. The number of aromatic amines is 1. The highest BCUT2D eigenvalue weighted by molar-refractivity contribution is 7.13. The Labute approximate surface area is 157 Å². The van der Waals surface area contributed by atoms with Crippen molar-refractivity contribution < 1.29 is 4.79 Å². The number of hydrogen-bond acceptors (Lipinski definition) is 4. The highest BCUT2D eigenvalue weighted by Crippen LogP contribution is 2.27. The largest absolute Gasteiger partial charge is 0.351 e. The van der Waals surface area contributed by atoms with E-state index in [0.29, 0.717) is 5.69 Å². The van der Waals surface area contributed by atoms with Gasteiger partial charge in [-0.3, -0.25) is 4.79 Å². The Bertz CT molecular complexity index is 915. The normalized spacial score (nSPS) is 15.7. The number of fused-ring (bicyclic) bond motifs is 1. The Kier molecular flexibility index (Phi) is 4.23. The maximum Gasteiger partial charge on any atom is 0.270 e. The molecule has 26 heavy (non-hydrogen) atoms. The van der Waals surface area contributed by atoms with Crippen molar-refractivity contribution in [1.82, 2.24) is 14.9 Å². The summed E-state index contributed by atoms with van der Waals surface area (Å²) in [6.45, 7) is 9.70. The monoisotopic (exact) mass is 368 g/mol. The summed E-state index contributed by atoms with van der Waals surface area (Å²) in [6, 6.07) is 8.38. The lowest BCUT2D eigenvalue weighted by Gasteiger charge is -2.34. The minimum Gasteiger partial charge on any atom is -0.351 e. The molecule has 0 radical (unpaired) electrons. The zero-order chi connectivity index (χ0) is 18.3. The molecule has 0 unspecified atom stereocenters. The molecule has 1 saturated heterocycles. The number of piperazine rings is 1. The molecule has 4 rings (SSSR count). The van der Waals surface area contributed by atoms with E-state index in [1.54, 1.807) is 11.3 Å². The third-order valence-corrected chi connectivity index (χ3v) is 5.81. The van der Waals surface area contributed by atoms with Gasteiger partial charge in [0, 0.05) is 48.7 Å². The first-order valence-electron chi connectivity index (χ1n) is 8.99. The summed E-state index contributed by atoms with van der Waals surface area (Å²) in [6.07, 6.45) is 1.83. The number of rotatable bonds is 2. The third kappa shape index (κ3) is 3.21. The minimum atomic E-state index is 0.0808. The first kappa shape index (κ1) is 17.1. The van der Waals surface area contributed by atoms with Crippen LogP contribution in [0.5, 0.6) is 0 Å². The Balaban J connectivity index is 1.50. The second-order valence-corrected chi connectivity index (χ2v) is 8.70. The molecule has 3 heterocycles. The second-order valence-electron chi connectivity index (χ2n) is 7.83. The van der Waals surface area contributed by atoms with Crippen molar-refractivity contribution in [3.8, 4) is 0 Å². The van der Waals surface area contributed by atoms with E-state index in [0.717, 1.165) is 42.2 Å². The fraction of sp³-hybridized carbons (Fsp3) is 0.400. The highest BCUT2D eigenvalue weighted by Gasteiger charge is 2.24. The summed E-state index contributed by atoms with van der Waals surface area (Å²) >= 11 is 1.65. The number of aromatic nitrogens is 2. The molecule has 1 aromatic carbocycles. The summed E-state index contributed by atoms with van der Waals surface area (Å²) in [7, 11) is 0. The lowest BCUT2D eigenvalue weighted by atomic mass is 9.87. The standard InChI is InChI=1S/C20H24N4OS/c1-20(2,3)15-5-4-14-12-17(22-16(14)13-15)18(25)23-7-9-24(10-8-23)19-21-6-11-26-19/h4-6,11-13,22H,7-10H2,1-3H3. The van der Waals surface area contributed by atoms with Crippen LogP contribution < -0.4 is 4.90 Å². The van der Waals surface area contributed by atoms with Crippen LogP contribution in [0.3, 0.4) is 0 Å². The minimum absolute atomic E-state index is 0.0808. The van der Waals surface area contributed by atoms with Crippen molar-refractivity contribution in [2.24, 2.45) is 0 Å². The molecule has 5 nitrogen and oxygen atoms in total. The molecular formula is C20H24N4OS. The number of nitrogens with one attached hydrogen (secondary N) is 1. The van der Waals surface area contributed by atoms with Crippen LogP contribution in [0.2, 0.25) is 0 Å². The fourth-order valence-electron chi connectivity index (χ4n) is 3.35. The van der Waals surface area contributed by atoms with Gasteiger partial charge in [0.15, 0.2) is 5.13 Å². The quantitative estimate of drug-likeness (QED) is 0.747. The van der Waals surface area contributed by atoms with E-state index in [4.69, 9.17) is 0 Å². The van der Waals surface area contributed by atoms with Gasteiger partial charge < -0.3 is 14.8 Å². The van der Waals surface area contributed by atoms with E-state index in [2.05, 4.69) is 53.8 Å². The van der Waals surface area contributed by atoms with Crippen LogP contribution in [0.1, 0.15) is 36.8 Å². The SMILES string of the molecule is CC(C)(C)c1ccc2cc(C(=O)N3CCN(c4nccs4)CC3)[nH]c2c1. The fourth-order valence-corrected chi connectivity index (χ4v) is 4.05. The first-order valence-corrected chi connectivity index (χ1v) is 9.87. The predicted molar refractivity (Wildman–Crippen MR) is 107 cm³/mol. The number of carbonyl (C=O) groups is 1. The molecule has 0 aliphatic carbocycles. The predicted octanol–water partition coefficient (Wildman–Crippen LogP) is 3.88. The number of benzene rings is 1. The topological polar surface area (TPSA) is 52.2 Å². The summed E-state index contributed by atoms with van der Waals surface area (Å²) < 4.78 is 0. The van der Waals surface area contributed by atoms with E-state index in [1.165, 1.54) is 5.56 Å². The molecule has 2 aromatic heterocycles. The van der Waals surface area contributed by atoms with Crippen molar-refractivity contribution in [3.05, 3.63) is 47.1 Å². The van der Waals surface area contributed by atoms with E-state index in [-0.39, 0.29) is 11.3 Å². The van der Waals surface area contributed by atoms with Gasteiger partial charge in [-0.05, 0) is 23.1 Å². The summed E-state index contributed by atoms with van der Waals surface area (Å²) in [5, 5.41) is 4.11. The van der Waals surface area contributed by atoms with Gasteiger partial charge in [0.05, 0.1) is 0 Å². The van der Waals surface area contributed by atoms with E-state index < -0.39 is 0 Å². The van der Waals surface area contributed by atoms with Gasteiger partial charge in [0.1, 0.15) is 5.69 Å². The Morgan fingerprint density at radius 3 is 2.58 bits per heavy atom. The van der Waals surface area contributed by atoms with Crippen molar-refractivity contribution in [3.63, 3.8) is 0 Å². The molecule has 0 spiro atoms. The molecular weight excluding hydrogens is 344 g/mol. The van der Waals surface area contributed by atoms with Crippen LogP contribution in [0.4, 0.5) is 5.13 Å². The zero-order valence-electron chi connectivity index (χ0n) is 15.5. The number of anilines is 1. The molecule has 136 valence electrons. The van der Waals surface area contributed by atoms with Crippen molar-refractivity contribution in [1.29, 1.82) is 0 Å². The van der Waals surface area contributed by atoms with Gasteiger partial charge in [0.2, 0.25) is 0 Å². The van der Waals surface area contributed by atoms with E-state index in [1.807, 2.05) is 22.5 Å². The van der Waals surface area contributed by atoms with Crippen LogP contribution in [0.15, 0.2) is 35.8 Å². The zero-order valence-corrected chi connectivity index (χ0v) is 16.3. The Morgan fingerprint density at radius 2 is 1.92 bits per heavy atom.